The van der Waals surface area contributed by atoms with Crippen molar-refractivity contribution in [3.63, 3.8) is 0 Å². The van der Waals surface area contributed by atoms with Gasteiger partial charge in [0.25, 0.3) is 6.71 Å². The molecule has 422 valence electrons. The summed E-state index contributed by atoms with van der Waals surface area (Å²) in [6.45, 7) is -0.144. The van der Waals surface area contributed by atoms with Crippen molar-refractivity contribution in [1.29, 1.82) is 0 Å². The highest BCUT2D eigenvalue weighted by Gasteiger charge is 2.48. The van der Waals surface area contributed by atoms with Crippen LogP contribution in [-0.2, 0) is 0 Å². The van der Waals surface area contributed by atoms with E-state index < -0.39 is 16.1 Å². The van der Waals surface area contributed by atoms with Crippen LogP contribution in [0.3, 0.4) is 0 Å². The van der Waals surface area contributed by atoms with Crippen molar-refractivity contribution in [1.82, 2.24) is 4.57 Å². The summed E-state index contributed by atoms with van der Waals surface area (Å²) < 4.78 is 2.52. The smallest absolute Gasteiger partial charge is 0.252 e. The van der Waals surface area contributed by atoms with Gasteiger partial charge in [-0.3, -0.25) is 0 Å². The number of hydrogen-bond donors (Lipinski definition) is 0. The summed E-state index contributed by atoms with van der Waals surface area (Å²) in [5.74, 6) is 0. The number of fused-ring (bicyclic) bond motifs is 7. The Balaban J connectivity index is 1.01. The Bertz CT molecular complexity index is 4900. The monoisotopic (exact) mass is 1180 g/mol. The standard InChI is InChI=1S/C84H60BN3Si2/c1-8-31-61(32-9-1)72-47-22-26-51-77(72)88-81-60-71(90(67-40-16-5-17-41-67,68-42-18-6-19-43-68)69-44-20-7-21-45-69)55-56-76(81)85-75-50-25-29-54-80(75)86(82-58-63(59-83(88)84(82)85)87-78-52-27-23-48-73(78)74-49-24-28-53-79(74)87)62-33-30-46-70(57-62)89(64-34-10-2-11-35-64,65-36-12-3-13-37-65)66-38-14-4-15-39-66/h1-60H. The molecular formula is C84H60BN3Si2. The fraction of sp³-hybridized carbons (Fsp3) is 0. The van der Waals surface area contributed by atoms with Gasteiger partial charge in [-0.1, -0.05) is 309 Å². The number of nitrogens with zero attached hydrogens (tertiary/aromatic N) is 3. The molecule has 1 aromatic heterocycles. The van der Waals surface area contributed by atoms with E-state index in [9.17, 15) is 0 Å². The zero-order valence-electron chi connectivity index (χ0n) is 49.6. The quantitative estimate of drug-likeness (QED) is 0.0892. The van der Waals surface area contributed by atoms with Crippen LogP contribution in [0.25, 0.3) is 38.6 Å². The first-order valence-corrected chi connectivity index (χ1v) is 35.3. The number of aromatic nitrogens is 1. The van der Waals surface area contributed by atoms with Crippen molar-refractivity contribution < 1.29 is 0 Å². The molecule has 17 rings (SSSR count). The Labute approximate surface area is 528 Å². The van der Waals surface area contributed by atoms with Gasteiger partial charge in [0.2, 0.25) is 0 Å². The van der Waals surface area contributed by atoms with Crippen LogP contribution in [0.15, 0.2) is 364 Å². The minimum Gasteiger partial charge on any atom is -0.311 e. The zero-order chi connectivity index (χ0) is 59.6. The molecule has 3 heterocycles. The van der Waals surface area contributed by atoms with E-state index in [4.69, 9.17) is 0 Å². The van der Waals surface area contributed by atoms with Gasteiger partial charge in [-0.05, 0) is 118 Å². The second kappa shape index (κ2) is 22.0. The third-order valence-electron chi connectivity index (χ3n) is 19.2. The molecule has 0 fully saturated rings. The van der Waals surface area contributed by atoms with Crippen molar-refractivity contribution in [2.45, 2.75) is 0 Å². The molecule has 3 nitrogen and oxygen atoms in total. The van der Waals surface area contributed by atoms with Gasteiger partial charge in [0.05, 0.1) is 22.4 Å². The van der Waals surface area contributed by atoms with Crippen LogP contribution in [0.5, 0.6) is 0 Å². The molecule has 14 aromatic carbocycles. The minimum atomic E-state index is -3.06. The van der Waals surface area contributed by atoms with Gasteiger partial charge in [-0.15, -0.1) is 0 Å². The molecule has 0 saturated heterocycles. The maximum absolute atomic E-state index is 3.06. The van der Waals surface area contributed by atoms with E-state index in [1.807, 2.05) is 0 Å². The summed E-state index contributed by atoms with van der Waals surface area (Å²) in [5.41, 5.74) is 16.4. The lowest BCUT2D eigenvalue weighted by Crippen LogP contribution is -2.75. The van der Waals surface area contributed by atoms with Crippen LogP contribution in [0.4, 0.5) is 34.1 Å². The van der Waals surface area contributed by atoms with E-state index in [1.54, 1.807) is 0 Å². The van der Waals surface area contributed by atoms with Gasteiger partial charge in [0.1, 0.15) is 0 Å². The largest absolute Gasteiger partial charge is 0.311 e. The van der Waals surface area contributed by atoms with Crippen molar-refractivity contribution in [2.24, 2.45) is 0 Å². The summed E-state index contributed by atoms with van der Waals surface area (Å²) in [5, 5.41) is 13.1. The van der Waals surface area contributed by atoms with Gasteiger partial charge in [-0.25, -0.2) is 0 Å². The van der Waals surface area contributed by atoms with Crippen molar-refractivity contribution >= 4 is 137 Å². The molecule has 6 heteroatoms. The van der Waals surface area contributed by atoms with E-state index in [0.29, 0.717) is 0 Å². The SMILES string of the molecule is c1ccc(-c2ccccc2N2c3cc([Si](c4ccccc4)(c4ccccc4)c4ccccc4)ccc3B3c4ccccc4N(c4cccc([Si](c5ccccc5)(c5ccccc5)c5ccccc5)c4)c4cc(-n5c6ccccc6c6ccccc65)cc2c43)cc1. The second-order valence-electron chi connectivity index (χ2n) is 23.8. The van der Waals surface area contributed by atoms with E-state index in [-0.39, 0.29) is 6.71 Å². The average Bonchev–Trinajstić information content (AvgIpc) is 1.01. The maximum atomic E-state index is 2.66. The van der Waals surface area contributed by atoms with Gasteiger partial charge in [0.15, 0.2) is 16.1 Å². The molecule has 2 aliphatic heterocycles. The molecule has 0 atom stereocenters. The van der Waals surface area contributed by atoms with E-state index in [1.165, 1.54) is 80.0 Å². The number of anilines is 6. The minimum absolute atomic E-state index is 0.144. The molecule has 0 radical (unpaired) electrons. The molecule has 0 unspecified atom stereocenters. The normalized spacial score (nSPS) is 12.6. The van der Waals surface area contributed by atoms with Crippen LogP contribution >= 0.6 is 0 Å². The van der Waals surface area contributed by atoms with Crippen LogP contribution < -0.4 is 67.7 Å². The number of rotatable bonds is 12. The summed E-state index contributed by atoms with van der Waals surface area (Å²) in [4.78, 5) is 5.28. The summed E-state index contributed by atoms with van der Waals surface area (Å²) in [7, 11) is -6.05. The first-order chi connectivity index (χ1) is 44.7. The molecule has 0 saturated carbocycles. The molecule has 15 aromatic rings. The number of benzene rings is 14. The van der Waals surface area contributed by atoms with Gasteiger partial charge < -0.3 is 14.4 Å². The Morgan fingerprint density at radius 3 is 1.13 bits per heavy atom. The molecule has 0 aliphatic carbocycles. The highest BCUT2D eigenvalue weighted by Crippen LogP contribution is 2.48. The first kappa shape index (κ1) is 53.2. The molecular weight excluding hydrogens is 1120 g/mol. The highest BCUT2D eigenvalue weighted by atomic mass is 28.3. The number of hydrogen-bond acceptors (Lipinski definition) is 2. The fourth-order valence-electron chi connectivity index (χ4n) is 15.6. The third kappa shape index (κ3) is 8.26. The molecule has 90 heavy (non-hydrogen) atoms. The van der Waals surface area contributed by atoms with Gasteiger partial charge in [0, 0.05) is 44.8 Å². The van der Waals surface area contributed by atoms with E-state index >= 15 is 0 Å². The van der Waals surface area contributed by atoms with Crippen molar-refractivity contribution in [2.75, 3.05) is 9.80 Å². The molecule has 0 spiro atoms. The van der Waals surface area contributed by atoms with Crippen molar-refractivity contribution in [3.05, 3.63) is 364 Å². The van der Waals surface area contributed by atoms with Gasteiger partial charge >= 0.3 is 0 Å². The van der Waals surface area contributed by atoms with Crippen LogP contribution in [0.2, 0.25) is 0 Å². The Kier molecular flexibility index (Phi) is 13.0. The second-order valence-corrected chi connectivity index (χ2v) is 31.5. The van der Waals surface area contributed by atoms with E-state index in [0.717, 1.165) is 50.6 Å². The summed E-state index contributed by atoms with van der Waals surface area (Å²) in [6.07, 6.45) is 0. The fourth-order valence-corrected chi connectivity index (χ4v) is 25.1. The predicted octanol–water partition coefficient (Wildman–Crippen LogP) is 13.3. The van der Waals surface area contributed by atoms with Gasteiger partial charge in [-0.2, -0.15) is 0 Å². The topological polar surface area (TPSA) is 11.4 Å². The molecule has 2 aliphatic rings. The average molecular weight is 1180 g/mol. The Morgan fingerprint density at radius 2 is 0.622 bits per heavy atom. The molecule has 0 bridgehead atoms. The zero-order valence-corrected chi connectivity index (χ0v) is 51.6. The highest BCUT2D eigenvalue weighted by molar-refractivity contribution is 7.20. The lowest BCUT2D eigenvalue weighted by atomic mass is 9.33. The lowest BCUT2D eigenvalue weighted by Gasteiger charge is -2.45. The number of para-hydroxylation sites is 4. The van der Waals surface area contributed by atoms with Crippen molar-refractivity contribution in [3.8, 4) is 16.8 Å². The summed E-state index contributed by atoms with van der Waals surface area (Å²) in [6, 6.07) is 138. The van der Waals surface area contributed by atoms with Crippen LogP contribution in [0.1, 0.15) is 0 Å². The Morgan fingerprint density at radius 1 is 0.233 bits per heavy atom. The van der Waals surface area contributed by atoms with Crippen LogP contribution in [0, 0.1) is 0 Å². The maximum Gasteiger partial charge on any atom is 0.252 e. The first-order valence-electron chi connectivity index (χ1n) is 31.3. The third-order valence-corrected chi connectivity index (χ3v) is 28.8. The predicted molar refractivity (Wildman–Crippen MR) is 387 cm³/mol. The molecule has 0 N–H and O–H groups in total. The molecule has 0 amide bonds. The van der Waals surface area contributed by atoms with E-state index in [2.05, 4.69) is 378 Å². The lowest BCUT2D eigenvalue weighted by molar-refractivity contribution is 1.16. The summed E-state index contributed by atoms with van der Waals surface area (Å²) >= 11 is 0. The Hall–Kier alpha value is -11.0. The van der Waals surface area contributed by atoms with Crippen LogP contribution in [-0.4, -0.2) is 27.4 Å².